The Kier molecular flexibility index (Phi) is 5.13. The van der Waals surface area contributed by atoms with Crippen LogP contribution in [-0.2, 0) is 9.59 Å². The van der Waals surface area contributed by atoms with Gasteiger partial charge in [-0.3, -0.25) is 9.59 Å². The lowest BCUT2D eigenvalue weighted by Gasteiger charge is -2.39. The number of hydrogen-bond acceptors (Lipinski definition) is 3. The Bertz CT molecular complexity index is 639. The molecule has 3 rings (SSSR count). The highest BCUT2D eigenvalue weighted by Crippen LogP contribution is 2.32. The normalized spacial score (nSPS) is 30.2. The summed E-state index contributed by atoms with van der Waals surface area (Å²) in [6.07, 6.45) is 5.34. The van der Waals surface area contributed by atoms with Crippen molar-refractivity contribution in [2.24, 2.45) is 11.7 Å². The maximum Gasteiger partial charge on any atom is 0.249 e. The molecule has 1 aromatic carbocycles. The van der Waals surface area contributed by atoms with Crippen molar-refractivity contribution in [1.82, 2.24) is 5.32 Å². The number of aryl methyl sites for hydroxylation is 1. The average molecular weight is 343 g/mol. The molecule has 5 heteroatoms. The first-order chi connectivity index (χ1) is 11.9. The van der Waals surface area contributed by atoms with Gasteiger partial charge in [0, 0.05) is 17.8 Å². The van der Waals surface area contributed by atoms with Gasteiger partial charge >= 0.3 is 0 Å². The molecule has 3 unspecified atom stereocenters. The van der Waals surface area contributed by atoms with Gasteiger partial charge in [0.15, 0.2) is 0 Å². The molecule has 1 saturated heterocycles. The summed E-state index contributed by atoms with van der Waals surface area (Å²) in [5, 5.41) is 2.99. The zero-order chi connectivity index (χ0) is 18.0. The molecule has 5 nitrogen and oxygen atoms in total. The van der Waals surface area contributed by atoms with Crippen LogP contribution in [0.15, 0.2) is 24.3 Å². The number of anilines is 1. The summed E-state index contributed by atoms with van der Waals surface area (Å²) in [5.74, 6) is -0.282. The van der Waals surface area contributed by atoms with E-state index in [1.807, 2.05) is 38.1 Å². The van der Waals surface area contributed by atoms with Gasteiger partial charge in [-0.05, 0) is 51.7 Å². The van der Waals surface area contributed by atoms with Crippen LogP contribution in [0.1, 0.15) is 51.0 Å². The van der Waals surface area contributed by atoms with E-state index in [1.165, 1.54) is 0 Å². The van der Waals surface area contributed by atoms with Gasteiger partial charge in [0.25, 0.3) is 0 Å². The topological polar surface area (TPSA) is 75.4 Å². The largest absolute Gasteiger partial charge is 0.344 e. The van der Waals surface area contributed by atoms with E-state index in [2.05, 4.69) is 5.32 Å². The SMILES string of the molecule is Cc1ccc(N2CCCC(NC(=O)C3CCCCC3(C)N)C2=O)cc1. The summed E-state index contributed by atoms with van der Waals surface area (Å²) in [6, 6.07) is 7.50. The van der Waals surface area contributed by atoms with Crippen molar-refractivity contribution in [1.29, 1.82) is 0 Å². The van der Waals surface area contributed by atoms with E-state index in [4.69, 9.17) is 5.73 Å². The van der Waals surface area contributed by atoms with Gasteiger partial charge in [0.2, 0.25) is 11.8 Å². The van der Waals surface area contributed by atoms with Crippen molar-refractivity contribution in [3.63, 3.8) is 0 Å². The molecule has 3 atom stereocenters. The van der Waals surface area contributed by atoms with Crippen LogP contribution in [0.3, 0.4) is 0 Å². The number of piperidine rings is 1. The maximum atomic E-state index is 12.9. The van der Waals surface area contributed by atoms with Crippen LogP contribution in [0, 0.1) is 12.8 Å². The molecule has 0 bridgehead atoms. The third kappa shape index (κ3) is 3.87. The number of benzene rings is 1. The van der Waals surface area contributed by atoms with Gasteiger partial charge in [-0.2, -0.15) is 0 Å². The number of hydrogen-bond donors (Lipinski definition) is 2. The molecular formula is C20H29N3O2. The zero-order valence-corrected chi connectivity index (χ0v) is 15.3. The molecule has 1 aliphatic carbocycles. The third-order valence-electron chi connectivity index (χ3n) is 5.67. The Balaban J connectivity index is 1.69. The van der Waals surface area contributed by atoms with Gasteiger partial charge < -0.3 is 16.0 Å². The van der Waals surface area contributed by atoms with Crippen LogP contribution in [0.25, 0.3) is 0 Å². The molecule has 3 N–H and O–H groups in total. The van der Waals surface area contributed by atoms with E-state index in [9.17, 15) is 9.59 Å². The standard InChI is InChI=1S/C20H29N3O2/c1-14-8-10-15(11-9-14)23-13-5-7-17(19(23)25)22-18(24)16-6-3-4-12-20(16,2)21/h8-11,16-17H,3-7,12-13,21H2,1-2H3,(H,22,24). The molecule has 136 valence electrons. The van der Waals surface area contributed by atoms with Gasteiger partial charge in [-0.25, -0.2) is 0 Å². The Hall–Kier alpha value is -1.88. The maximum absolute atomic E-state index is 12.9. The van der Waals surface area contributed by atoms with Crippen molar-refractivity contribution in [2.75, 3.05) is 11.4 Å². The van der Waals surface area contributed by atoms with E-state index >= 15 is 0 Å². The highest BCUT2D eigenvalue weighted by atomic mass is 16.2. The van der Waals surface area contributed by atoms with E-state index < -0.39 is 11.6 Å². The van der Waals surface area contributed by atoms with Gasteiger partial charge in [0.1, 0.15) is 6.04 Å². The molecule has 25 heavy (non-hydrogen) atoms. The van der Waals surface area contributed by atoms with Crippen molar-refractivity contribution in [2.45, 2.75) is 64.0 Å². The molecule has 0 radical (unpaired) electrons. The fourth-order valence-electron chi connectivity index (χ4n) is 4.05. The summed E-state index contributed by atoms with van der Waals surface area (Å²) < 4.78 is 0. The monoisotopic (exact) mass is 343 g/mol. The minimum Gasteiger partial charge on any atom is -0.344 e. The fourth-order valence-corrected chi connectivity index (χ4v) is 4.05. The van der Waals surface area contributed by atoms with E-state index in [0.29, 0.717) is 13.0 Å². The van der Waals surface area contributed by atoms with Crippen LogP contribution < -0.4 is 16.0 Å². The highest BCUT2D eigenvalue weighted by Gasteiger charge is 2.40. The molecule has 1 aliphatic heterocycles. The molecule has 2 aliphatic rings. The fraction of sp³-hybridized carbons (Fsp3) is 0.600. The predicted octanol–water partition coefficient (Wildman–Crippen LogP) is 2.51. The second kappa shape index (κ2) is 7.16. The Labute approximate surface area is 150 Å². The number of rotatable bonds is 3. The minimum absolute atomic E-state index is 0.0158. The summed E-state index contributed by atoms with van der Waals surface area (Å²) >= 11 is 0. The molecule has 2 fully saturated rings. The van der Waals surface area contributed by atoms with Crippen LogP contribution in [-0.4, -0.2) is 29.9 Å². The van der Waals surface area contributed by atoms with Crippen LogP contribution in [0.5, 0.6) is 0 Å². The van der Waals surface area contributed by atoms with Gasteiger partial charge in [-0.1, -0.05) is 30.5 Å². The summed E-state index contributed by atoms with van der Waals surface area (Å²) in [5.41, 5.74) is 7.93. The molecular weight excluding hydrogens is 314 g/mol. The Morgan fingerprint density at radius 2 is 1.92 bits per heavy atom. The van der Waals surface area contributed by atoms with Gasteiger partial charge in [0.05, 0.1) is 5.92 Å². The van der Waals surface area contributed by atoms with Crippen molar-refractivity contribution in [3.8, 4) is 0 Å². The second-order valence-corrected chi connectivity index (χ2v) is 7.83. The molecule has 0 aromatic heterocycles. The molecule has 1 heterocycles. The average Bonchev–Trinajstić information content (AvgIpc) is 2.57. The number of nitrogens with zero attached hydrogens (tertiary/aromatic N) is 1. The van der Waals surface area contributed by atoms with Crippen LogP contribution in [0.4, 0.5) is 5.69 Å². The van der Waals surface area contributed by atoms with Crippen LogP contribution >= 0.6 is 0 Å². The van der Waals surface area contributed by atoms with Gasteiger partial charge in [-0.15, -0.1) is 0 Å². The number of carbonyl (C=O) groups is 2. The summed E-state index contributed by atoms with van der Waals surface area (Å²) in [4.78, 5) is 27.4. The number of amides is 2. The lowest BCUT2D eigenvalue weighted by molar-refractivity contribution is -0.133. The third-order valence-corrected chi connectivity index (χ3v) is 5.67. The molecule has 1 saturated carbocycles. The van der Waals surface area contributed by atoms with E-state index in [-0.39, 0.29) is 17.7 Å². The first-order valence-corrected chi connectivity index (χ1v) is 9.36. The molecule has 1 aromatic rings. The number of nitrogens with one attached hydrogen (secondary N) is 1. The quantitative estimate of drug-likeness (QED) is 0.885. The minimum atomic E-state index is -0.476. The van der Waals surface area contributed by atoms with E-state index in [0.717, 1.165) is 43.4 Å². The lowest BCUT2D eigenvalue weighted by atomic mass is 9.74. The van der Waals surface area contributed by atoms with E-state index in [1.54, 1.807) is 4.90 Å². The second-order valence-electron chi connectivity index (χ2n) is 7.83. The van der Waals surface area contributed by atoms with Crippen molar-refractivity contribution >= 4 is 17.5 Å². The van der Waals surface area contributed by atoms with Crippen LogP contribution in [0.2, 0.25) is 0 Å². The van der Waals surface area contributed by atoms with Crippen molar-refractivity contribution < 1.29 is 9.59 Å². The Morgan fingerprint density at radius 1 is 1.20 bits per heavy atom. The Morgan fingerprint density at radius 3 is 2.60 bits per heavy atom. The lowest BCUT2D eigenvalue weighted by Crippen LogP contribution is -2.58. The van der Waals surface area contributed by atoms with Crippen molar-refractivity contribution in [3.05, 3.63) is 29.8 Å². The number of carbonyl (C=O) groups excluding carboxylic acids is 2. The summed E-state index contributed by atoms with van der Waals surface area (Å²) in [7, 11) is 0. The molecule has 0 spiro atoms. The predicted molar refractivity (Wildman–Crippen MR) is 99.2 cm³/mol. The smallest absolute Gasteiger partial charge is 0.249 e. The molecule has 2 amide bonds. The number of nitrogens with two attached hydrogens (primary N) is 1. The first-order valence-electron chi connectivity index (χ1n) is 9.36. The zero-order valence-electron chi connectivity index (χ0n) is 15.3. The highest BCUT2D eigenvalue weighted by molar-refractivity contribution is 6.00. The summed E-state index contributed by atoms with van der Waals surface area (Å²) in [6.45, 7) is 4.68. The first kappa shape index (κ1) is 17.9.